The highest BCUT2D eigenvalue weighted by Gasteiger charge is 2.22. The lowest BCUT2D eigenvalue weighted by Crippen LogP contribution is -2.24. The third kappa shape index (κ3) is 3.16. The van der Waals surface area contributed by atoms with E-state index in [-0.39, 0.29) is 6.10 Å². The van der Waals surface area contributed by atoms with E-state index in [9.17, 15) is 5.11 Å². The molecule has 6 heteroatoms. The van der Waals surface area contributed by atoms with Crippen LogP contribution >= 0.6 is 11.3 Å². The number of thiophene rings is 1. The first-order valence-corrected chi connectivity index (χ1v) is 8.01. The summed E-state index contributed by atoms with van der Waals surface area (Å²) >= 11 is 1.76. The van der Waals surface area contributed by atoms with E-state index in [4.69, 9.17) is 0 Å². The first-order chi connectivity index (χ1) is 10.1. The molecule has 0 amide bonds. The van der Waals surface area contributed by atoms with Crippen LogP contribution in [0.5, 0.6) is 0 Å². The Kier molecular flexibility index (Phi) is 4.07. The van der Waals surface area contributed by atoms with Crippen LogP contribution in [-0.4, -0.2) is 41.3 Å². The molecule has 112 valence electrons. The molecule has 0 aliphatic carbocycles. The predicted molar refractivity (Wildman–Crippen MR) is 86.0 cm³/mol. The quantitative estimate of drug-likeness (QED) is 0.937. The summed E-state index contributed by atoms with van der Waals surface area (Å²) in [5.74, 6) is 1.62. The van der Waals surface area contributed by atoms with E-state index in [1.54, 1.807) is 17.5 Å². The largest absolute Gasteiger partial charge is 0.391 e. The summed E-state index contributed by atoms with van der Waals surface area (Å²) in [5, 5.41) is 11.8. The molecule has 1 saturated heterocycles. The van der Waals surface area contributed by atoms with Crippen molar-refractivity contribution < 1.29 is 5.11 Å². The van der Waals surface area contributed by atoms with E-state index < -0.39 is 0 Å². The van der Waals surface area contributed by atoms with E-state index >= 15 is 0 Å². The SMILES string of the molecule is Cc1ccsc1CN(C)c1nccc(N2CC[C@H](O)C2)n1. The van der Waals surface area contributed by atoms with Gasteiger partial charge in [-0.05, 0) is 36.4 Å². The number of anilines is 2. The number of nitrogens with zero attached hydrogens (tertiary/aromatic N) is 4. The molecule has 1 N–H and O–H groups in total. The Morgan fingerprint density at radius 3 is 3.00 bits per heavy atom. The first kappa shape index (κ1) is 14.3. The van der Waals surface area contributed by atoms with Gasteiger partial charge < -0.3 is 14.9 Å². The van der Waals surface area contributed by atoms with Gasteiger partial charge in [0, 0.05) is 31.2 Å². The standard InChI is InChI=1S/C15H20N4OS/c1-11-5-8-21-13(11)10-18(2)15-16-6-3-14(17-15)19-7-4-12(20)9-19/h3,5-6,8,12,20H,4,7,9-10H2,1-2H3/t12-/m0/s1. The van der Waals surface area contributed by atoms with Gasteiger partial charge in [-0.1, -0.05) is 0 Å². The molecular formula is C15H20N4OS. The lowest BCUT2D eigenvalue weighted by Gasteiger charge is -2.20. The van der Waals surface area contributed by atoms with Crippen LogP contribution in [0, 0.1) is 6.92 Å². The Balaban J connectivity index is 1.74. The van der Waals surface area contributed by atoms with Crippen LogP contribution < -0.4 is 9.80 Å². The van der Waals surface area contributed by atoms with Gasteiger partial charge in [-0.15, -0.1) is 11.3 Å². The third-order valence-corrected chi connectivity index (χ3v) is 4.81. The van der Waals surface area contributed by atoms with Crippen LogP contribution in [0.25, 0.3) is 0 Å². The summed E-state index contributed by atoms with van der Waals surface area (Å²) in [5.41, 5.74) is 1.31. The summed E-state index contributed by atoms with van der Waals surface area (Å²) in [6, 6.07) is 4.04. The van der Waals surface area contributed by atoms with Gasteiger partial charge in [0.1, 0.15) is 5.82 Å². The molecule has 0 unspecified atom stereocenters. The highest BCUT2D eigenvalue weighted by atomic mass is 32.1. The normalized spacial score (nSPS) is 18.2. The van der Waals surface area contributed by atoms with Crippen molar-refractivity contribution in [3.05, 3.63) is 34.2 Å². The average Bonchev–Trinajstić information content (AvgIpc) is 3.08. The Morgan fingerprint density at radius 2 is 2.33 bits per heavy atom. The summed E-state index contributed by atoms with van der Waals surface area (Å²) in [6.45, 7) is 4.45. The van der Waals surface area contributed by atoms with Crippen molar-refractivity contribution in [2.75, 3.05) is 29.9 Å². The van der Waals surface area contributed by atoms with Crippen LogP contribution in [0.3, 0.4) is 0 Å². The van der Waals surface area contributed by atoms with Crippen LogP contribution in [0.4, 0.5) is 11.8 Å². The van der Waals surface area contributed by atoms with E-state index in [1.165, 1.54) is 10.4 Å². The fourth-order valence-corrected chi connectivity index (χ4v) is 3.46. The molecule has 0 aromatic carbocycles. The smallest absolute Gasteiger partial charge is 0.227 e. The van der Waals surface area contributed by atoms with Crippen molar-refractivity contribution in [1.29, 1.82) is 0 Å². The van der Waals surface area contributed by atoms with E-state index in [0.29, 0.717) is 6.54 Å². The van der Waals surface area contributed by atoms with E-state index in [1.807, 2.05) is 13.1 Å². The molecule has 1 aliphatic heterocycles. The summed E-state index contributed by atoms with van der Waals surface area (Å²) < 4.78 is 0. The molecular weight excluding hydrogens is 284 g/mol. The average molecular weight is 304 g/mol. The molecule has 2 aromatic rings. The summed E-state index contributed by atoms with van der Waals surface area (Å²) in [4.78, 5) is 14.5. The van der Waals surface area contributed by atoms with Crippen LogP contribution in [0.15, 0.2) is 23.7 Å². The third-order valence-electron chi connectivity index (χ3n) is 3.81. The second-order valence-corrected chi connectivity index (χ2v) is 6.49. The topological polar surface area (TPSA) is 52.5 Å². The number of hydrogen-bond acceptors (Lipinski definition) is 6. The van der Waals surface area contributed by atoms with Crippen molar-refractivity contribution in [3.63, 3.8) is 0 Å². The Labute approximate surface area is 128 Å². The van der Waals surface area contributed by atoms with E-state index in [0.717, 1.165) is 31.3 Å². The molecule has 1 atom stereocenters. The number of aryl methyl sites for hydroxylation is 1. The molecule has 3 rings (SSSR count). The lowest BCUT2D eigenvalue weighted by molar-refractivity contribution is 0.198. The molecule has 0 spiro atoms. The maximum atomic E-state index is 9.65. The van der Waals surface area contributed by atoms with Crippen molar-refractivity contribution in [2.24, 2.45) is 0 Å². The Bertz CT molecular complexity index is 615. The number of aliphatic hydroxyl groups is 1. The molecule has 5 nitrogen and oxygen atoms in total. The maximum absolute atomic E-state index is 9.65. The second-order valence-electron chi connectivity index (χ2n) is 5.49. The molecule has 1 aliphatic rings. The summed E-state index contributed by atoms with van der Waals surface area (Å²) in [7, 11) is 2.01. The van der Waals surface area contributed by atoms with Gasteiger partial charge in [-0.25, -0.2) is 4.98 Å². The first-order valence-electron chi connectivity index (χ1n) is 7.13. The zero-order valence-electron chi connectivity index (χ0n) is 12.4. The molecule has 1 fully saturated rings. The maximum Gasteiger partial charge on any atom is 0.227 e. The molecule has 3 heterocycles. The van der Waals surface area contributed by atoms with Crippen molar-refractivity contribution in [3.8, 4) is 0 Å². The van der Waals surface area contributed by atoms with Gasteiger partial charge in [0.2, 0.25) is 5.95 Å². The monoisotopic (exact) mass is 304 g/mol. The van der Waals surface area contributed by atoms with Crippen molar-refractivity contribution in [1.82, 2.24) is 9.97 Å². The van der Waals surface area contributed by atoms with Gasteiger partial charge in [0.15, 0.2) is 0 Å². The van der Waals surface area contributed by atoms with Crippen LogP contribution in [0.2, 0.25) is 0 Å². The second kappa shape index (κ2) is 5.99. The molecule has 2 aromatic heterocycles. The highest BCUT2D eigenvalue weighted by molar-refractivity contribution is 7.10. The fourth-order valence-electron chi connectivity index (χ4n) is 2.50. The van der Waals surface area contributed by atoms with Gasteiger partial charge in [-0.3, -0.25) is 0 Å². The van der Waals surface area contributed by atoms with Gasteiger partial charge in [-0.2, -0.15) is 4.98 Å². The van der Waals surface area contributed by atoms with Crippen molar-refractivity contribution in [2.45, 2.75) is 26.0 Å². The highest BCUT2D eigenvalue weighted by Crippen LogP contribution is 2.22. The molecule has 21 heavy (non-hydrogen) atoms. The fraction of sp³-hybridized carbons (Fsp3) is 0.467. The van der Waals surface area contributed by atoms with E-state index in [2.05, 4.69) is 38.1 Å². The minimum atomic E-state index is -0.241. The lowest BCUT2D eigenvalue weighted by atomic mass is 10.3. The Hall–Kier alpha value is -1.66. The van der Waals surface area contributed by atoms with Gasteiger partial charge in [0.05, 0.1) is 12.6 Å². The summed E-state index contributed by atoms with van der Waals surface area (Å²) in [6.07, 6.45) is 2.36. The number of β-amino-alcohol motifs (C(OH)–C–C–N with tert-alkyl or cyclic N) is 1. The zero-order chi connectivity index (χ0) is 14.8. The Morgan fingerprint density at radius 1 is 1.48 bits per heavy atom. The zero-order valence-corrected chi connectivity index (χ0v) is 13.2. The minimum absolute atomic E-state index is 0.241. The molecule has 0 bridgehead atoms. The molecule has 0 saturated carbocycles. The predicted octanol–water partition coefficient (Wildman–Crippen LogP) is 2.05. The number of aliphatic hydroxyl groups excluding tert-OH is 1. The van der Waals surface area contributed by atoms with Crippen LogP contribution in [-0.2, 0) is 6.54 Å². The van der Waals surface area contributed by atoms with Gasteiger partial charge in [0.25, 0.3) is 0 Å². The number of aromatic nitrogens is 2. The number of rotatable bonds is 4. The van der Waals surface area contributed by atoms with Crippen molar-refractivity contribution >= 4 is 23.1 Å². The molecule has 0 radical (unpaired) electrons. The van der Waals surface area contributed by atoms with Gasteiger partial charge >= 0.3 is 0 Å². The minimum Gasteiger partial charge on any atom is -0.391 e. The number of hydrogen-bond donors (Lipinski definition) is 1. The van der Waals surface area contributed by atoms with Crippen LogP contribution in [0.1, 0.15) is 16.9 Å².